The van der Waals surface area contributed by atoms with Gasteiger partial charge < -0.3 is 5.32 Å². The van der Waals surface area contributed by atoms with E-state index in [-0.39, 0.29) is 5.57 Å². The molecular weight excluding hydrogens is 352 g/mol. The van der Waals surface area contributed by atoms with E-state index in [1.807, 2.05) is 18.2 Å². The Morgan fingerprint density at radius 1 is 1.14 bits per heavy atom. The van der Waals surface area contributed by atoms with E-state index < -0.39 is 5.91 Å². The van der Waals surface area contributed by atoms with Gasteiger partial charge in [-0.05, 0) is 48.0 Å². The topological polar surface area (TPSA) is 52.9 Å². The van der Waals surface area contributed by atoms with Gasteiger partial charge in [0.25, 0.3) is 5.91 Å². The van der Waals surface area contributed by atoms with Crippen LogP contribution in [0.5, 0.6) is 0 Å². The summed E-state index contributed by atoms with van der Waals surface area (Å²) >= 11 is 9.11. The number of nitriles is 1. The fraction of sp³-hybridized carbons (Fsp3) is 0. The van der Waals surface area contributed by atoms with Crippen LogP contribution in [0.2, 0.25) is 5.02 Å². The minimum absolute atomic E-state index is 0.0280. The van der Waals surface area contributed by atoms with Gasteiger partial charge in [0.1, 0.15) is 11.6 Å². The molecule has 0 spiro atoms. The molecule has 0 unspecified atom stereocenters. The molecule has 0 atom stereocenters. The smallest absolute Gasteiger partial charge is 0.266 e. The maximum atomic E-state index is 12.1. The lowest BCUT2D eigenvalue weighted by atomic mass is 10.1. The first-order chi connectivity index (χ1) is 10.1. The molecule has 5 heteroatoms. The van der Waals surface area contributed by atoms with Gasteiger partial charge in [-0.1, -0.05) is 39.7 Å². The number of nitrogens with zero attached hydrogens (tertiary/aromatic N) is 1. The lowest BCUT2D eigenvalue weighted by Gasteiger charge is -2.04. The number of anilines is 1. The van der Waals surface area contributed by atoms with Crippen molar-refractivity contribution in [2.45, 2.75) is 0 Å². The summed E-state index contributed by atoms with van der Waals surface area (Å²) in [4.78, 5) is 12.1. The van der Waals surface area contributed by atoms with Gasteiger partial charge >= 0.3 is 0 Å². The van der Waals surface area contributed by atoms with E-state index in [1.54, 1.807) is 36.4 Å². The van der Waals surface area contributed by atoms with Crippen molar-refractivity contribution in [3.63, 3.8) is 0 Å². The normalized spacial score (nSPS) is 10.8. The van der Waals surface area contributed by atoms with E-state index in [9.17, 15) is 4.79 Å². The highest BCUT2D eigenvalue weighted by molar-refractivity contribution is 9.10. The molecule has 104 valence electrons. The predicted octanol–water partition coefficient (Wildman–Crippen LogP) is 4.65. The highest BCUT2D eigenvalue weighted by Gasteiger charge is 2.09. The Morgan fingerprint density at radius 3 is 2.33 bits per heavy atom. The fourth-order valence-electron chi connectivity index (χ4n) is 1.61. The largest absolute Gasteiger partial charge is 0.321 e. The molecule has 3 nitrogen and oxygen atoms in total. The van der Waals surface area contributed by atoms with Crippen LogP contribution >= 0.6 is 27.5 Å². The lowest BCUT2D eigenvalue weighted by molar-refractivity contribution is -0.112. The predicted molar refractivity (Wildman–Crippen MR) is 87.8 cm³/mol. The van der Waals surface area contributed by atoms with Crippen LogP contribution in [0.15, 0.2) is 58.6 Å². The monoisotopic (exact) mass is 360 g/mol. The SMILES string of the molecule is N#C/C(=C\c1ccc(Cl)cc1)C(=O)Nc1ccc(Br)cc1. The standard InChI is InChI=1S/C16H10BrClN2O/c17-13-3-7-15(8-4-13)20-16(21)12(10-19)9-11-1-5-14(18)6-2-11/h1-9H,(H,20,21)/b12-9+. The number of carbonyl (C=O) groups is 1. The van der Waals surface area contributed by atoms with Crippen LogP contribution in [0.25, 0.3) is 6.08 Å². The van der Waals surface area contributed by atoms with Gasteiger partial charge in [-0.3, -0.25) is 4.79 Å². The van der Waals surface area contributed by atoms with Gasteiger partial charge in [-0.15, -0.1) is 0 Å². The molecule has 0 aliphatic carbocycles. The number of amides is 1. The molecule has 0 aromatic heterocycles. The van der Waals surface area contributed by atoms with Crippen LogP contribution in [0.3, 0.4) is 0 Å². The summed E-state index contributed by atoms with van der Waals surface area (Å²) in [5, 5.41) is 12.4. The molecule has 0 heterocycles. The van der Waals surface area contributed by atoms with Crippen LogP contribution in [0, 0.1) is 11.3 Å². The van der Waals surface area contributed by atoms with E-state index in [4.69, 9.17) is 16.9 Å². The molecule has 0 aliphatic rings. The minimum Gasteiger partial charge on any atom is -0.321 e. The van der Waals surface area contributed by atoms with Crippen molar-refractivity contribution in [1.29, 1.82) is 5.26 Å². The van der Waals surface area contributed by atoms with Crippen molar-refractivity contribution in [2.24, 2.45) is 0 Å². The van der Waals surface area contributed by atoms with Crippen molar-refractivity contribution in [3.05, 3.63) is 69.2 Å². The van der Waals surface area contributed by atoms with Gasteiger partial charge in [-0.2, -0.15) is 5.26 Å². The summed E-state index contributed by atoms with van der Waals surface area (Å²) in [6, 6.07) is 15.9. The summed E-state index contributed by atoms with van der Waals surface area (Å²) in [5.41, 5.74) is 1.39. The molecule has 0 radical (unpaired) electrons. The van der Waals surface area contributed by atoms with Crippen LogP contribution in [-0.4, -0.2) is 5.91 Å². The molecule has 0 bridgehead atoms. The molecule has 21 heavy (non-hydrogen) atoms. The molecule has 2 aromatic carbocycles. The van der Waals surface area contributed by atoms with Crippen LogP contribution in [-0.2, 0) is 4.79 Å². The van der Waals surface area contributed by atoms with E-state index >= 15 is 0 Å². The molecule has 0 aliphatic heterocycles. The van der Waals surface area contributed by atoms with Gasteiger partial charge in [-0.25, -0.2) is 0 Å². The van der Waals surface area contributed by atoms with Gasteiger partial charge in [0.2, 0.25) is 0 Å². The van der Waals surface area contributed by atoms with E-state index in [1.165, 1.54) is 6.08 Å². The van der Waals surface area contributed by atoms with Crippen molar-refractivity contribution in [1.82, 2.24) is 0 Å². The molecule has 2 rings (SSSR count). The zero-order valence-electron chi connectivity index (χ0n) is 10.8. The summed E-state index contributed by atoms with van der Waals surface area (Å²) in [6.07, 6.45) is 1.52. The molecule has 1 amide bonds. The average Bonchev–Trinajstić information content (AvgIpc) is 2.49. The van der Waals surface area contributed by atoms with Gasteiger partial charge in [0, 0.05) is 15.2 Å². The van der Waals surface area contributed by atoms with Crippen LogP contribution in [0.1, 0.15) is 5.56 Å². The summed E-state index contributed by atoms with van der Waals surface area (Å²) < 4.78 is 0.915. The van der Waals surface area contributed by atoms with E-state index in [0.29, 0.717) is 10.7 Å². The van der Waals surface area contributed by atoms with Crippen LogP contribution in [0.4, 0.5) is 5.69 Å². The van der Waals surface area contributed by atoms with Crippen molar-refractivity contribution >= 4 is 45.2 Å². The molecular formula is C16H10BrClN2O. The third-order valence-electron chi connectivity index (χ3n) is 2.65. The number of nitrogens with one attached hydrogen (secondary N) is 1. The highest BCUT2D eigenvalue weighted by atomic mass is 79.9. The second kappa shape index (κ2) is 7.07. The zero-order valence-corrected chi connectivity index (χ0v) is 13.1. The van der Waals surface area contributed by atoms with Crippen LogP contribution < -0.4 is 5.32 Å². The number of rotatable bonds is 3. The second-order valence-corrected chi connectivity index (χ2v) is 5.53. The first kappa shape index (κ1) is 15.3. The molecule has 0 saturated heterocycles. The Bertz CT molecular complexity index is 715. The fourth-order valence-corrected chi connectivity index (χ4v) is 2.00. The third kappa shape index (κ3) is 4.45. The summed E-state index contributed by atoms with van der Waals surface area (Å²) in [7, 11) is 0. The first-order valence-electron chi connectivity index (χ1n) is 6.03. The first-order valence-corrected chi connectivity index (χ1v) is 7.20. The summed E-state index contributed by atoms with van der Waals surface area (Å²) in [6.45, 7) is 0. The Morgan fingerprint density at radius 2 is 1.76 bits per heavy atom. The molecule has 0 fully saturated rings. The molecule has 1 N–H and O–H groups in total. The Kier molecular flexibility index (Phi) is 5.15. The quantitative estimate of drug-likeness (QED) is 0.639. The van der Waals surface area contributed by atoms with Crippen molar-refractivity contribution < 1.29 is 4.79 Å². The molecule has 2 aromatic rings. The zero-order chi connectivity index (χ0) is 15.2. The van der Waals surface area contributed by atoms with Crippen molar-refractivity contribution in [2.75, 3.05) is 5.32 Å². The number of halogens is 2. The van der Waals surface area contributed by atoms with E-state index in [0.717, 1.165) is 10.0 Å². The molecule has 0 saturated carbocycles. The number of hydrogen-bond donors (Lipinski definition) is 1. The Labute approximate surface area is 136 Å². The third-order valence-corrected chi connectivity index (χ3v) is 3.43. The lowest BCUT2D eigenvalue weighted by Crippen LogP contribution is -2.13. The highest BCUT2D eigenvalue weighted by Crippen LogP contribution is 2.16. The minimum atomic E-state index is -0.449. The number of benzene rings is 2. The van der Waals surface area contributed by atoms with Crippen molar-refractivity contribution in [3.8, 4) is 6.07 Å². The maximum absolute atomic E-state index is 12.1. The van der Waals surface area contributed by atoms with Gasteiger partial charge in [0.15, 0.2) is 0 Å². The summed E-state index contributed by atoms with van der Waals surface area (Å²) in [5.74, 6) is -0.449. The second-order valence-electron chi connectivity index (χ2n) is 4.18. The Hall–Kier alpha value is -2.09. The number of hydrogen-bond acceptors (Lipinski definition) is 2. The average molecular weight is 362 g/mol. The van der Waals surface area contributed by atoms with E-state index in [2.05, 4.69) is 21.2 Å². The van der Waals surface area contributed by atoms with Gasteiger partial charge in [0.05, 0.1) is 0 Å². The Balaban J connectivity index is 2.17. The number of carbonyl (C=O) groups excluding carboxylic acids is 1. The maximum Gasteiger partial charge on any atom is 0.266 e.